The fourth-order valence-electron chi connectivity index (χ4n) is 3.11. The lowest BCUT2D eigenvalue weighted by molar-refractivity contribution is -0.117. The minimum Gasteiger partial charge on any atom is -0.350 e. The summed E-state index contributed by atoms with van der Waals surface area (Å²) in [7, 11) is 0. The van der Waals surface area contributed by atoms with Crippen LogP contribution in [0.1, 0.15) is 24.0 Å². The highest BCUT2D eigenvalue weighted by Gasteiger charge is 2.19. The van der Waals surface area contributed by atoms with Gasteiger partial charge in [0.2, 0.25) is 5.91 Å². The molecule has 2 aromatic rings. The quantitative estimate of drug-likeness (QED) is 0.819. The maximum absolute atomic E-state index is 12.1. The Morgan fingerprint density at radius 2 is 1.88 bits per heavy atom. The van der Waals surface area contributed by atoms with Crippen molar-refractivity contribution in [1.29, 1.82) is 0 Å². The van der Waals surface area contributed by atoms with Crippen LogP contribution in [0.2, 0.25) is 5.02 Å². The molecule has 3 rings (SSSR count). The number of piperidine rings is 1. The second kappa shape index (κ2) is 8.84. The highest BCUT2D eigenvalue weighted by molar-refractivity contribution is 6.30. The lowest BCUT2D eigenvalue weighted by atomic mass is 10.0. The molecule has 0 unspecified atom stereocenters. The van der Waals surface area contributed by atoms with Gasteiger partial charge < -0.3 is 5.32 Å². The summed E-state index contributed by atoms with van der Waals surface area (Å²) in [5.74, 6) is -0.0403. The molecule has 2 aromatic carbocycles. The van der Waals surface area contributed by atoms with Crippen LogP contribution >= 0.6 is 11.6 Å². The third-order valence-corrected chi connectivity index (χ3v) is 4.69. The molecule has 1 aliphatic rings. The van der Waals surface area contributed by atoms with Gasteiger partial charge in [-0.1, -0.05) is 54.1 Å². The first-order chi connectivity index (χ1) is 12.2. The topological polar surface area (TPSA) is 32.3 Å². The van der Waals surface area contributed by atoms with E-state index in [9.17, 15) is 4.79 Å². The maximum Gasteiger partial charge on any atom is 0.244 e. The first-order valence-corrected chi connectivity index (χ1v) is 9.07. The van der Waals surface area contributed by atoms with E-state index in [1.807, 2.05) is 30.3 Å². The second-order valence-corrected chi connectivity index (χ2v) is 6.87. The average Bonchev–Trinajstić information content (AvgIpc) is 2.63. The zero-order chi connectivity index (χ0) is 17.5. The molecule has 1 aliphatic heterocycles. The monoisotopic (exact) mass is 354 g/mol. The van der Waals surface area contributed by atoms with E-state index in [1.54, 1.807) is 12.2 Å². The van der Waals surface area contributed by atoms with Crippen molar-refractivity contribution in [3.8, 4) is 0 Å². The number of rotatable bonds is 5. The molecule has 1 heterocycles. The Balaban J connectivity index is 1.43. The Morgan fingerprint density at radius 3 is 2.60 bits per heavy atom. The van der Waals surface area contributed by atoms with Crippen LogP contribution in [0, 0.1) is 0 Å². The number of amides is 1. The Hall–Kier alpha value is -2.10. The molecule has 0 aromatic heterocycles. The van der Waals surface area contributed by atoms with E-state index in [4.69, 9.17) is 11.6 Å². The average molecular weight is 355 g/mol. The van der Waals surface area contributed by atoms with Gasteiger partial charge in [0.15, 0.2) is 0 Å². The van der Waals surface area contributed by atoms with Crippen LogP contribution in [0.3, 0.4) is 0 Å². The number of hydrogen-bond acceptors (Lipinski definition) is 2. The molecule has 0 atom stereocenters. The fourth-order valence-corrected chi connectivity index (χ4v) is 3.31. The van der Waals surface area contributed by atoms with Crippen LogP contribution in [0.4, 0.5) is 0 Å². The molecule has 25 heavy (non-hydrogen) atoms. The van der Waals surface area contributed by atoms with Gasteiger partial charge in [-0.3, -0.25) is 9.69 Å². The highest BCUT2D eigenvalue weighted by atomic mass is 35.5. The number of nitrogens with zero attached hydrogens (tertiary/aromatic N) is 1. The lowest BCUT2D eigenvalue weighted by Crippen LogP contribution is -2.43. The number of benzene rings is 2. The second-order valence-electron chi connectivity index (χ2n) is 6.43. The molecule has 0 saturated carbocycles. The van der Waals surface area contributed by atoms with Crippen molar-refractivity contribution < 1.29 is 4.79 Å². The number of halogens is 1. The van der Waals surface area contributed by atoms with Gasteiger partial charge in [0.05, 0.1) is 0 Å². The van der Waals surface area contributed by atoms with Gasteiger partial charge in [-0.15, -0.1) is 0 Å². The molecule has 130 valence electrons. The van der Waals surface area contributed by atoms with E-state index < -0.39 is 0 Å². The first kappa shape index (κ1) is 17.7. The molecular formula is C21H23ClN2O. The van der Waals surface area contributed by atoms with Crippen molar-refractivity contribution in [2.45, 2.75) is 25.4 Å². The number of hydrogen-bond donors (Lipinski definition) is 1. The van der Waals surface area contributed by atoms with Crippen molar-refractivity contribution in [1.82, 2.24) is 10.2 Å². The SMILES string of the molecule is O=C(/C=C/c1cccc(Cl)c1)NC1CCN(Cc2ccccc2)CC1. The van der Waals surface area contributed by atoms with Crippen molar-refractivity contribution in [3.05, 3.63) is 76.8 Å². The Kier molecular flexibility index (Phi) is 6.26. The van der Waals surface area contributed by atoms with Crippen molar-refractivity contribution in [3.63, 3.8) is 0 Å². The molecule has 0 spiro atoms. The minimum atomic E-state index is -0.0403. The van der Waals surface area contributed by atoms with Crippen LogP contribution < -0.4 is 5.32 Å². The van der Waals surface area contributed by atoms with Crippen LogP contribution in [-0.2, 0) is 11.3 Å². The predicted octanol–water partition coefficient (Wildman–Crippen LogP) is 4.13. The molecule has 3 nitrogen and oxygen atoms in total. The molecule has 0 radical (unpaired) electrons. The summed E-state index contributed by atoms with van der Waals surface area (Å²) in [6.45, 7) is 3.01. The summed E-state index contributed by atoms with van der Waals surface area (Å²) in [5.41, 5.74) is 2.27. The first-order valence-electron chi connectivity index (χ1n) is 8.69. The maximum atomic E-state index is 12.1. The number of carbonyl (C=O) groups excluding carboxylic acids is 1. The Labute approximate surface area is 154 Å². The van der Waals surface area contributed by atoms with Gasteiger partial charge in [-0.05, 0) is 42.2 Å². The van der Waals surface area contributed by atoms with Crippen LogP contribution in [0.5, 0.6) is 0 Å². The van der Waals surface area contributed by atoms with E-state index in [-0.39, 0.29) is 11.9 Å². The van der Waals surface area contributed by atoms with Gasteiger partial charge in [0.1, 0.15) is 0 Å². The summed E-state index contributed by atoms with van der Waals surface area (Å²) in [4.78, 5) is 14.5. The summed E-state index contributed by atoms with van der Waals surface area (Å²) < 4.78 is 0. The predicted molar refractivity (Wildman–Crippen MR) is 103 cm³/mol. The fraction of sp³-hybridized carbons (Fsp3) is 0.286. The van der Waals surface area contributed by atoms with E-state index in [0.29, 0.717) is 5.02 Å². The van der Waals surface area contributed by atoms with Crippen LogP contribution in [0.25, 0.3) is 6.08 Å². The standard InChI is InChI=1S/C21H23ClN2O/c22-19-8-4-7-17(15-19)9-10-21(25)23-20-11-13-24(14-12-20)16-18-5-2-1-3-6-18/h1-10,15,20H,11-14,16H2,(H,23,25)/b10-9+. The van der Waals surface area contributed by atoms with E-state index in [0.717, 1.165) is 38.0 Å². The third kappa shape index (κ3) is 5.73. The van der Waals surface area contributed by atoms with Crippen molar-refractivity contribution in [2.24, 2.45) is 0 Å². The van der Waals surface area contributed by atoms with Crippen LogP contribution in [-0.4, -0.2) is 29.9 Å². The highest BCUT2D eigenvalue weighted by Crippen LogP contribution is 2.14. The third-order valence-electron chi connectivity index (χ3n) is 4.46. The number of nitrogens with one attached hydrogen (secondary N) is 1. The largest absolute Gasteiger partial charge is 0.350 e. The number of carbonyl (C=O) groups is 1. The molecule has 1 fully saturated rings. The zero-order valence-corrected chi connectivity index (χ0v) is 15.0. The van der Waals surface area contributed by atoms with Gasteiger partial charge in [0, 0.05) is 36.8 Å². The van der Waals surface area contributed by atoms with E-state index in [1.165, 1.54) is 5.56 Å². The Morgan fingerprint density at radius 1 is 1.12 bits per heavy atom. The van der Waals surface area contributed by atoms with Gasteiger partial charge in [-0.25, -0.2) is 0 Å². The molecule has 0 aliphatic carbocycles. The molecule has 0 bridgehead atoms. The van der Waals surface area contributed by atoms with E-state index in [2.05, 4.69) is 34.5 Å². The summed E-state index contributed by atoms with van der Waals surface area (Å²) >= 11 is 5.95. The summed E-state index contributed by atoms with van der Waals surface area (Å²) in [6, 6.07) is 18.2. The number of likely N-dealkylation sites (tertiary alicyclic amines) is 1. The van der Waals surface area contributed by atoms with Gasteiger partial charge in [0.25, 0.3) is 0 Å². The molecule has 4 heteroatoms. The molecule has 1 amide bonds. The molecule has 1 N–H and O–H groups in total. The normalized spacial score (nSPS) is 16.2. The van der Waals surface area contributed by atoms with E-state index >= 15 is 0 Å². The van der Waals surface area contributed by atoms with Crippen molar-refractivity contribution in [2.75, 3.05) is 13.1 Å². The van der Waals surface area contributed by atoms with Gasteiger partial charge >= 0.3 is 0 Å². The van der Waals surface area contributed by atoms with Crippen molar-refractivity contribution >= 4 is 23.6 Å². The summed E-state index contributed by atoms with van der Waals surface area (Å²) in [6.07, 6.45) is 5.36. The van der Waals surface area contributed by atoms with Gasteiger partial charge in [-0.2, -0.15) is 0 Å². The lowest BCUT2D eigenvalue weighted by Gasteiger charge is -2.32. The molecule has 1 saturated heterocycles. The zero-order valence-electron chi connectivity index (χ0n) is 14.2. The smallest absolute Gasteiger partial charge is 0.244 e. The summed E-state index contributed by atoms with van der Waals surface area (Å²) in [5, 5.41) is 3.78. The Bertz CT molecular complexity index is 722. The van der Waals surface area contributed by atoms with Crippen LogP contribution in [0.15, 0.2) is 60.7 Å². The minimum absolute atomic E-state index is 0.0403. The molecular weight excluding hydrogens is 332 g/mol.